The first kappa shape index (κ1) is 14.3. The molecule has 0 aromatic heterocycles. The van der Waals surface area contributed by atoms with E-state index in [2.05, 4.69) is 17.6 Å². The fourth-order valence-electron chi connectivity index (χ4n) is 2.08. The van der Waals surface area contributed by atoms with E-state index < -0.39 is 5.60 Å². The van der Waals surface area contributed by atoms with Gasteiger partial charge < -0.3 is 15.7 Å². The lowest BCUT2D eigenvalue weighted by Crippen LogP contribution is -2.46. The SMILES string of the molecule is CCCC1CC1NC(=O)NCC(O)(CC)CC. The van der Waals surface area contributed by atoms with Crippen LogP contribution in [-0.2, 0) is 0 Å². The van der Waals surface area contributed by atoms with Crippen LogP contribution < -0.4 is 10.6 Å². The Morgan fingerprint density at radius 3 is 2.53 bits per heavy atom. The van der Waals surface area contributed by atoms with Crippen LogP contribution in [-0.4, -0.2) is 29.3 Å². The Balaban J connectivity index is 2.18. The highest BCUT2D eigenvalue weighted by molar-refractivity contribution is 5.74. The van der Waals surface area contributed by atoms with Gasteiger partial charge in [0.15, 0.2) is 0 Å². The Hall–Kier alpha value is -0.770. The third-order valence-corrected chi connectivity index (χ3v) is 3.79. The zero-order valence-electron chi connectivity index (χ0n) is 11.3. The van der Waals surface area contributed by atoms with Crippen LogP contribution in [0.5, 0.6) is 0 Å². The van der Waals surface area contributed by atoms with Crippen molar-refractivity contribution in [2.24, 2.45) is 5.92 Å². The summed E-state index contributed by atoms with van der Waals surface area (Å²) in [5.41, 5.74) is -0.760. The molecule has 17 heavy (non-hydrogen) atoms. The Labute approximate surface area is 104 Å². The van der Waals surface area contributed by atoms with Gasteiger partial charge in [-0.05, 0) is 31.6 Å². The van der Waals surface area contributed by atoms with E-state index in [0.717, 1.165) is 6.42 Å². The summed E-state index contributed by atoms with van der Waals surface area (Å²) in [6.45, 7) is 6.36. The van der Waals surface area contributed by atoms with Gasteiger partial charge in [0.25, 0.3) is 0 Å². The first-order valence-corrected chi connectivity index (χ1v) is 6.81. The van der Waals surface area contributed by atoms with E-state index in [1.165, 1.54) is 12.8 Å². The van der Waals surface area contributed by atoms with Crippen molar-refractivity contribution >= 4 is 6.03 Å². The molecule has 0 bridgehead atoms. The predicted octanol–water partition coefficient (Wildman–Crippen LogP) is 2.03. The third-order valence-electron chi connectivity index (χ3n) is 3.79. The summed E-state index contributed by atoms with van der Waals surface area (Å²) >= 11 is 0. The molecule has 0 radical (unpaired) electrons. The number of amides is 2. The number of carbonyl (C=O) groups is 1. The van der Waals surface area contributed by atoms with E-state index in [4.69, 9.17) is 0 Å². The maximum Gasteiger partial charge on any atom is 0.315 e. The topological polar surface area (TPSA) is 61.4 Å². The Kier molecular flexibility index (Phi) is 5.25. The van der Waals surface area contributed by atoms with E-state index >= 15 is 0 Å². The molecule has 4 heteroatoms. The Bertz CT molecular complexity index is 252. The fraction of sp³-hybridized carbons (Fsp3) is 0.923. The fourth-order valence-corrected chi connectivity index (χ4v) is 2.08. The minimum Gasteiger partial charge on any atom is -0.388 e. The maximum atomic E-state index is 11.6. The molecular weight excluding hydrogens is 216 g/mol. The second-order valence-corrected chi connectivity index (χ2v) is 5.15. The van der Waals surface area contributed by atoms with Gasteiger partial charge in [0.2, 0.25) is 0 Å². The molecule has 2 atom stereocenters. The van der Waals surface area contributed by atoms with Crippen LogP contribution in [0.4, 0.5) is 4.79 Å². The molecule has 1 aliphatic carbocycles. The second kappa shape index (κ2) is 6.24. The minimum atomic E-state index is -0.760. The molecule has 100 valence electrons. The second-order valence-electron chi connectivity index (χ2n) is 5.15. The van der Waals surface area contributed by atoms with Crippen molar-refractivity contribution in [2.45, 2.75) is 64.5 Å². The summed E-state index contributed by atoms with van der Waals surface area (Å²) in [5, 5.41) is 15.7. The van der Waals surface area contributed by atoms with Crippen LogP contribution in [0, 0.1) is 5.92 Å². The number of nitrogens with one attached hydrogen (secondary N) is 2. The largest absolute Gasteiger partial charge is 0.388 e. The average Bonchev–Trinajstić information content (AvgIpc) is 3.05. The van der Waals surface area contributed by atoms with Crippen LogP contribution in [0.25, 0.3) is 0 Å². The molecule has 1 aliphatic rings. The van der Waals surface area contributed by atoms with Crippen molar-refractivity contribution in [3.63, 3.8) is 0 Å². The monoisotopic (exact) mass is 242 g/mol. The van der Waals surface area contributed by atoms with Gasteiger partial charge in [0.05, 0.1) is 5.60 Å². The summed E-state index contributed by atoms with van der Waals surface area (Å²) < 4.78 is 0. The molecule has 2 amide bonds. The molecule has 0 aliphatic heterocycles. The number of hydrogen-bond donors (Lipinski definition) is 3. The number of aliphatic hydroxyl groups is 1. The summed E-state index contributed by atoms with van der Waals surface area (Å²) in [6.07, 6.45) is 4.79. The van der Waals surface area contributed by atoms with Crippen LogP contribution in [0.3, 0.4) is 0 Å². The summed E-state index contributed by atoms with van der Waals surface area (Å²) in [5.74, 6) is 0.669. The molecule has 0 saturated heterocycles. The van der Waals surface area contributed by atoms with Gasteiger partial charge in [-0.2, -0.15) is 0 Å². The minimum absolute atomic E-state index is 0.145. The smallest absolute Gasteiger partial charge is 0.315 e. The van der Waals surface area contributed by atoms with Gasteiger partial charge in [0.1, 0.15) is 0 Å². The van der Waals surface area contributed by atoms with Crippen molar-refractivity contribution in [1.29, 1.82) is 0 Å². The maximum absolute atomic E-state index is 11.6. The first-order chi connectivity index (χ1) is 8.04. The summed E-state index contributed by atoms with van der Waals surface area (Å²) in [6, 6.07) is 0.209. The lowest BCUT2D eigenvalue weighted by molar-refractivity contribution is 0.0349. The standard InChI is InChI=1S/C13H26N2O2/c1-4-7-10-8-11(10)15-12(16)14-9-13(17,5-2)6-3/h10-11,17H,4-9H2,1-3H3,(H2,14,15,16). The van der Waals surface area contributed by atoms with E-state index in [9.17, 15) is 9.90 Å². The number of rotatable bonds is 7. The molecule has 0 spiro atoms. The van der Waals surface area contributed by atoms with Gasteiger partial charge in [-0.25, -0.2) is 4.79 Å². The highest BCUT2D eigenvalue weighted by Gasteiger charge is 2.37. The molecule has 2 unspecified atom stereocenters. The van der Waals surface area contributed by atoms with E-state index in [0.29, 0.717) is 31.3 Å². The Morgan fingerprint density at radius 1 is 1.35 bits per heavy atom. The third kappa shape index (κ3) is 4.54. The van der Waals surface area contributed by atoms with Gasteiger partial charge in [-0.15, -0.1) is 0 Å². The first-order valence-electron chi connectivity index (χ1n) is 6.81. The molecule has 0 aromatic rings. The van der Waals surface area contributed by atoms with Crippen molar-refractivity contribution in [2.75, 3.05) is 6.54 Å². The molecule has 1 fully saturated rings. The molecule has 3 N–H and O–H groups in total. The van der Waals surface area contributed by atoms with Crippen LogP contribution in [0.2, 0.25) is 0 Å². The quantitative estimate of drug-likeness (QED) is 0.639. The van der Waals surface area contributed by atoms with Crippen LogP contribution in [0.15, 0.2) is 0 Å². The lowest BCUT2D eigenvalue weighted by Gasteiger charge is -2.25. The zero-order valence-corrected chi connectivity index (χ0v) is 11.3. The lowest BCUT2D eigenvalue weighted by atomic mass is 9.98. The van der Waals surface area contributed by atoms with E-state index in [1.54, 1.807) is 0 Å². The van der Waals surface area contributed by atoms with Gasteiger partial charge in [-0.1, -0.05) is 27.2 Å². The molecular formula is C13H26N2O2. The van der Waals surface area contributed by atoms with Gasteiger partial charge >= 0.3 is 6.03 Å². The number of hydrogen-bond acceptors (Lipinski definition) is 2. The van der Waals surface area contributed by atoms with Crippen LogP contribution >= 0.6 is 0 Å². The van der Waals surface area contributed by atoms with E-state index in [-0.39, 0.29) is 6.03 Å². The molecule has 1 saturated carbocycles. The molecule has 1 rings (SSSR count). The van der Waals surface area contributed by atoms with Crippen molar-refractivity contribution in [3.05, 3.63) is 0 Å². The van der Waals surface area contributed by atoms with Gasteiger partial charge in [0, 0.05) is 12.6 Å². The van der Waals surface area contributed by atoms with Crippen molar-refractivity contribution < 1.29 is 9.90 Å². The van der Waals surface area contributed by atoms with Gasteiger partial charge in [-0.3, -0.25) is 0 Å². The molecule has 0 aromatic carbocycles. The van der Waals surface area contributed by atoms with E-state index in [1.807, 2.05) is 13.8 Å². The summed E-state index contributed by atoms with van der Waals surface area (Å²) in [7, 11) is 0. The van der Waals surface area contributed by atoms with Crippen molar-refractivity contribution in [1.82, 2.24) is 10.6 Å². The number of urea groups is 1. The molecule has 0 heterocycles. The average molecular weight is 242 g/mol. The predicted molar refractivity (Wildman–Crippen MR) is 68.9 cm³/mol. The highest BCUT2D eigenvalue weighted by atomic mass is 16.3. The normalized spacial score (nSPS) is 23.3. The number of carbonyl (C=O) groups excluding carboxylic acids is 1. The van der Waals surface area contributed by atoms with Crippen LogP contribution in [0.1, 0.15) is 52.9 Å². The molecule has 4 nitrogen and oxygen atoms in total. The Morgan fingerprint density at radius 2 is 2.00 bits per heavy atom. The highest BCUT2D eigenvalue weighted by Crippen LogP contribution is 2.34. The summed E-state index contributed by atoms with van der Waals surface area (Å²) in [4.78, 5) is 11.6. The van der Waals surface area contributed by atoms with Crippen molar-refractivity contribution in [3.8, 4) is 0 Å². The zero-order chi connectivity index (χ0) is 12.9.